The fourth-order valence-electron chi connectivity index (χ4n) is 3.12. The molecule has 2 amide bonds. The molecular formula is C20H23N5O3S. The number of nitrogens with zero attached hydrogens (tertiary/aromatic N) is 3. The third kappa shape index (κ3) is 5.70. The second kappa shape index (κ2) is 9.91. The fraction of sp³-hybridized carbons (Fsp3) is 0.350. The molecule has 29 heavy (non-hydrogen) atoms. The molecule has 0 saturated carbocycles. The predicted molar refractivity (Wildman–Crippen MR) is 113 cm³/mol. The first-order valence-electron chi connectivity index (χ1n) is 9.29. The number of carbonyl (C=O) groups excluding carboxylic acids is 1. The van der Waals surface area contributed by atoms with Gasteiger partial charge in [-0.3, -0.25) is 4.90 Å². The number of urea groups is 1. The molecule has 1 fully saturated rings. The summed E-state index contributed by atoms with van der Waals surface area (Å²) in [5.74, 6) is 1.46. The van der Waals surface area contributed by atoms with E-state index >= 15 is 0 Å². The van der Waals surface area contributed by atoms with E-state index in [1.165, 1.54) is 17.4 Å². The summed E-state index contributed by atoms with van der Waals surface area (Å²) >= 11 is 1.53. The van der Waals surface area contributed by atoms with Gasteiger partial charge in [-0.1, -0.05) is 18.1 Å². The highest BCUT2D eigenvalue weighted by Gasteiger charge is 2.21. The monoisotopic (exact) mass is 413 g/mol. The lowest BCUT2D eigenvalue weighted by Gasteiger charge is -2.22. The van der Waals surface area contributed by atoms with Crippen LogP contribution in [-0.4, -0.2) is 64.6 Å². The molecule has 2 heterocycles. The number of benzene rings is 1. The second-order valence-corrected chi connectivity index (χ2v) is 7.46. The van der Waals surface area contributed by atoms with Crippen molar-refractivity contribution in [1.82, 2.24) is 14.8 Å². The quantitative estimate of drug-likeness (QED) is 0.630. The Morgan fingerprint density at radius 2 is 2.07 bits per heavy atom. The number of hydrogen-bond acceptors (Lipinski definition) is 6. The van der Waals surface area contributed by atoms with Crippen molar-refractivity contribution in [2.24, 2.45) is 0 Å². The minimum absolute atomic E-state index is 0.0788. The zero-order valence-electron chi connectivity index (χ0n) is 15.9. The lowest BCUT2D eigenvalue weighted by atomic mass is 10.2. The standard InChI is InChI=1S/C20H23N5O3S/c1-2-8-21-19-22-15(14-29-19)13-24-9-5-10-25(12-11-24)20(28)23-17-7-4-3-6-16(17)18(26)27/h1,3-4,6-7,14H,5,8-13H2,(H,21,22)(H,23,28)(H,26,27). The van der Waals surface area contributed by atoms with Crippen LogP contribution in [-0.2, 0) is 6.54 Å². The zero-order valence-corrected chi connectivity index (χ0v) is 16.7. The highest BCUT2D eigenvalue weighted by atomic mass is 32.1. The fourth-order valence-corrected chi connectivity index (χ4v) is 3.82. The highest BCUT2D eigenvalue weighted by Crippen LogP contribution is 2.18. The van der Waals surface area contributed by atoms with Crippen LogP contribution >= 0.6 is 11.3 Å². The summed E-state index contributed by atoms with van der Waals surface area (Å²) < 4.78 is 0. The predicted octanol–water partition coefficient (Wildman–Crippen LogP) is 2.63. The average molecular weight is 414 g/mol. The topological polar surface area (TPSA) is 97.8 Å². The molecule has 3 N–H and O–H groups in total. The van der Waals surface area contributed by atoms with Crippen LogP contribution in [0.25, 0.3) is 0 Å². The van der Waals surface area contributed by atoms with E-state index in [0.29, 0.717) is 31.9 Å². The summed E-state index contributed by atoms with van der Waals surface area (Å²) in [4.78, 5) is 32.5. The van der Waals surface area contributed by atoms with E-state index < -0.39 is 5.97 Å². The zero-order chi connectivity index (χ0) is 20.6. The highest BCUT2D eigenvalue weighted by molar-refractivity contribution is 7.13. The van der Waals surface area contributed by atoms with Crippen molar-refractivity contribution in [3.63, 3.8) is 0 Å². The molecule has 1 aliphatic heterocycles. The average Bonchev–Trinajstić information content (AvgIpc) is 3.02. The maximum absolute atomic E-state index is 12.6. The van der Waals surface area contributed by atoms with Gasteiger partial charge in [0, 0.05) is 38.1 Å². The lowest BCUT2D eigenvalue weighted by Crippen LogP contribution is -2.38. The summed E-state index contributed by atoms with van der Waals surface area (Å²) in [5, 5.41) is 17.9. The van der Waals surface area contributed by atoms with Crippen molar-refractivity contribution < 1.29 is 14.7 Å². The van der Waals surface area contributed by atoms with Crippen LogP contribution in [0.3, 0.4) is 0 Å². The van der Waals surface area contributed by atoms with Crippen molar-refractivity contribution >= 4 is 34.2 Å². The third-order valence-corrected chi connectivity index (χ3v) is 5.40. The Hall–Kier alpha value is -3.09. The van der Waals surface area contributed by atoms with Crippen LogP contribution in [0, 0.1) is 12.3 Å². The van der Waals surface area contributed by atoms with E-state index in [0.717, 1.165) is 30.3 Å². The van der Waals surface area contributed by atoms with Gasteiger partial charge in [-0.2, -0.15) is 0 Å². The summed E-state index contributed by atoms with van der Waals surface area (Å²) in [7, 11) is 0. The first-order valence-corrected chi connectivity index (χ1v) is 10.2. The van der Waals surface area contributed by atoms with Crippen LogP contribution in [0.4, 0.5) is 15.6 Å². The minimum atomic E-state index is -1.07. The van der Waals surface area contributed by atoms with Gasteiger partial charge in [0.2, 0.25) is 0 Å². The molecule has 8 nitrogen and oxygen atoms in total. The number of carboxylic acid groups (broad SMARTS) is 1. The molecule has 0 spiro atoms. The van der Waals surface area contributed by atoms with Gasteiger partial charge in [0.05, 0.1) is 23.5 Å². The number of anilines is 2. The number of amides is 2. The number of carbonyl (C=O) groups is 2. The van der Waals surface area contributed by atoms with Crippen molar-refractivity contribution in [3.05, 3.63) is 40.9 Å². The van der Waals surface area contributed by atoms with Crippen LogP contribution in [0.15, 0.2) is 29.6 Å². The van der Waals surface area contributed by atoms with Crippen LogP contribution in [0.1, 0.15) is 22.5 Å². The molecule has 0 radical (unpaired) electrons. The minimum Gasteiger partial charge on any atom is -0.478 e. The van der Waals surface area contributed by atoms with Crippen molar-refractivity contribution in [3.8, 4) is 12.3 Å². The Morgan fingerprint density at radius 1 is 1.24 bits per heavy atom. The number of carboxylic acids is 1. The van der Waals surface area contributed by atoms with Crippen molar-refractivity contribution in [2.45, 2.75) is 13.0 Å². The van der Waals surface area contributed by atoms with Gasteiger partial charge in [-0.05, 0) is 18.6 Å². The van der Waals surface area contributed by atoms with E-state index in [-0.39, 0.29) is 11.6 Å². The van der Waals surface area contributed by atoms with Gasteiger partial charge in [-0.25, -0.2) is 14.6 Å². The summed E-state index contributed by atoms with van der Waals surface area (Å²) in [5.41, 5.74) is 1.36. The molecule has 0 bridgehead atoms. The largest absolute Gasteiger partial charge is 0.478 e. The molecule has 0 aliphatic carbocycles. The van der Waals surface area contributed by atoms with E-state index in [1.807, 2.05) is 5.38 Å². The first-order chi connectivity index (χ1) is 14.1. The lowest BCUT2D eigenvalue weighted by molar-refractivity contribution is 0.0698. The molecule has 0 unspecified atom stereocenters. The Kier molecular flexibility index (Phi) is 7.05. The Morgan fingerprint density at radius 3 is 2.86 bits per heavy atom. The maximum atomic E-state index is 12.6. The maximum Gasteiger partial charge on any atom is 0.337 e. The second-order valence-electron chi connectivity index (χ2n) is 6.60. The molecule has 152 valence electrons. The molecule has 1 aromatic carbocycles. The van der Waals surface area contributed by atoms with Crippen LogP contribution < -0.4 is 10.6 Å². The SMILES string of the molecule is C#CCNc1nc(CN2CCCN(C(=O)Nc3ccccc3C(=O)O)CC2)cs1. The van der Waals surface area contributed by atoms with E-state index in [1.54, 1.807) is 23.1 Å². The van der Waals surface area contributed by atoms with E-state index in [4.69, 9.17) is 6.42 Å². The summed E-state index contributed by atoms with van der Waals surface area (Å²) in [6.45, 7) is 3.92. The number of para-hydroxylation sites is 1. The molecule has 0 atom stereocenters. The van der Waals surface area contributed by atoms with Crippen molar-refractivity contribution in [1.29, 1.82) is 0 Å². The van der Waals surface area contributed by atoms with Crippen LogP contribution in [0.5, 0.6) is 0 Å². The molecule has 1 saturated heterocycles. The molecule has 9 heteroatoms. The number of nitrogens with one attached hydrogen (secondary N) is 2. The smallest absolute Gasteiger partial charge is 0.337 e. The van der Waals surface area contributed by atoms with Gasteiger partial charge < -0.3 is 20.6 Å². The first kappa shape index (κ1) is 20.6. The van der Waals surface area contributed by atoms with E-state index in [2.05, 4.69) is 26.4 Å². The van der Waals surface area contributed by atoms with E-state index in [9.17, 15) is 14.7 Å². The normalized spacial score (nSPS) is 14.7. The Labute approximate surface area is 173 Å². The number of aromatic nitrogens is 1. The molecule has 1 aromatic heterocycles. The number of terminal acetylenes is 1. The number of rotatable bonds is 6. The van der Waals surface area contributed by atoms with Gasteiger partial charge >= 0.3 is 12.0 Å². The third-order valence-electron chi connectivity index (χ3n) is 4.55. The van der Waals surface area contributed by atoms with Crippen LogP contribution in [0.2, 0.25) is 0 Å². The van der Waals surface area contributed by atoms with Gasteiger partial charge in [0.15, 0.2) is 5.13 Å². The van der Waals surface area contributed by atoms with Crippen molar-refractivity contribution in [2.75, 3.05) is 43.4 Å². The van der Waals surface area contributed by atoms with Gasteiger partial charge in [0.1, 0.15) is 0 Å². The Bertz CT molecular complexity index is 908. The number of hydrogen-bond donors (Lipinski definition) is 3. The molecule has 3 rings (SSSR count). The summed E-state index contributed by atoms with van der Waals surface area (Å²) in [6.07, 6.45) is 6.08. The van der Waals surface area contributed by atoms with Gasteiger partial charge in [0.25, 0.3) is 0 Å². The number of thiazole rings is 1. The number of aromatic carboxylic acids is 1. The Balaban J connectivity index is 1.54. The van der Waals surface area contributed by atoms with Gasteiger partial charge in [-0.15, -0.1) is 17.8 Å². The summed E-state index contributed by atoms with van der Waals surface area (Å²) in [6, 6.07) is 6.12. The molecule has 2 aromatic rings. The molecule has 1 aliphatic rings. The molecular weight excluding hydrogens is 390 g/mol.